The smallest absolute Gasteiger partial charge is 0.218 e. The molecule has 136 valence electrons. The molecule has 0 aliphatic carbocycles. The maximum absolute atomic E-state index is 9.81. The van der Waals surface area contributed by atoms with E-state index < -0.39 is 5.92 Å². The maximum atomic E-state index is 9.81. The SMILES string of the molecule is Cc1cccc(-c2nc(Cl)nc3ccc(C(C#N)c4ccc(Cl)cc4)cc23)c1. The first-order chi connectivity index (χ1) is 13.5. The van der Waals surface area contributed by atoms with Crippen LogP contribution in [0.2, 0.25) is 10.3 Å². The first kappa shape index (κ1) is 18.4. The van der Waals surface area contributed by atoms with Crippen LogP contribution in [0.4, 0.5) is 0 Å². The van der Waals surface area contributed by atoms with Crippen molar-refractivity contribution in [3.8, 4) is 17.3 Å². The van der Waals surface area contributed by atoms with Crippen LogP contribution >= 0.6 is 23.2 Å². The van der Waals surface area contributed by atoms with E-state index in [1.54, 1.807) is 12.1 Å². The first-order valence-corrected chi connectivity index (χ1v) is 9.50. The fourth-order valence-corrected chi connectivity index (χ4v) is 3.61. The molecule has 3 aromatic carbocycles. The molecule has 0 amide bonds. The van der Waals surface area contributed by atoms with Gasteiger partial charge in [-0.2, -0.15) is 5.26 Å². The topological polar surface area (TPSA) is 49.6 Å². The quantitative estimate of drug-likeness (QED) is 0.363. The number of nitriles is 1. The molecule has 1 aromatic heterocycles. The highest BCUT2D eigenvalue weighted by Crippen LogP contribution is 2.32. The summed E-state index contributed by atoms with van der Waals surface area (Å²) < 4.78 is 0. The van der Waals surface area contributed by atoms with Gasteiger partial charge in [0.2, 0.25) is 5.28 Å². The zero-order valence-corrected chi connectivity index (χ0v) is 16.5. The van der Waals surface area contributed by atoms with E-state index in [0.717, 1.165) is 38.9 Å². The lowest BCUT2D eigenvalue weighted by Crippen LogP contribution is -1.99. The van der Waals surface area contributed by atoms with Gasteiger partial charge in [0.15, 0.2) is 0 Å². The third kappa shape index (κ3) is 3.57. The van der Waals surface area contributed by atoms with Crippen LogP contribution in [0.15, 0.2) is 66.7 Å². The monoisotopic (exact) mass is 403 g/mol. The average molecular weight is 404 g/mol. The minimum absolute atomic E-state index is 0.200. The van der Waals surface area contributed by atoms with Crippen LogP contribution < -0.4 is 0 Å². The fraction of sp³-hybridized carbons (Fsp3) is 0.0870. The van der Waals surface area contributed by atoms with Crippen LogP contribution in [0.25, 0.3) is 22.2 Å². The molecular formula is C23H15Cl2N3. The Kier molecular flexibility index (Phi) is 5.00. The van der Waals surface area contributed by atoms with Crippen LogP contribution in [-0.4, -0.2) is 9.97 Å². The number of benzene rings is 3. The molecule has 0 saturated heterocycles. The molecule has 1 heterocycles. The van der Waals surface area contributed by atoms with Crippen LogP contribution in [0, 0.1) is 18.3 Å². The molecule has 1 unspecified atom stereocenters. The van der Waals surface area contributed by atoms with Crippen LogP contribution in [-0.2, 0) is 0 Å². The van der Waals surface area contributed by atoms with Gasteiger partial charge in [0.1, 0.15) is 0 Å². The lowest BCUT2D eigenvalue weighted by Gasteiger charge is -2.13. The number of halogens is 2. The largest absolute Gasteiger partial charge is 0.223 e. The summed E-state index contributed by atoms with van der Waals surface area (Å²) in [4.78, 5) is 8.83. The molecule has 0 fully saturated rings. The van der Waals surface area contributed by atoms with Gasteiger partial charge in [-0.05, 0) is 60.0 Å². The number of aromatic nitrogens is 2. The Bertz CT molecular complexity index is 1210. The Morgan fingerprint density at radius 2 is 1.64 bits per heavy atom. The van der Waals surface area contributed by atoms with Crippen molar-refractivity contribution in [2.24, 2.45) is 0 Å². The summed E-state index contributed by atoms with van der Waals surface area (Å²) in [6.07, 6.45) is 0. The van der Waals surface area contributed by atoms with Crippen molar-refractivity contribution in [3.63, 3.8) is 0 Å². The van der Waals surface area contributed by atoms with Crippen LogP contribution in [0.3, 0.4) is 0 Å². The molecular weight excluding hydrogens is 389 g/mol. The molecule has 0 bridgehead atoms. The Balaban J connectivity index is 1.90. The van der Waals surface area contributed by atoms with E-state index in [-0.39, 0.29) is 5.28 Å². The lowest BCUT2D eigenvalue weighted by molar-refractivity contribution is 1.04. The summed E-state index contributed by atoms with van der Waals surface area (Å²) in [5.74, 6) is -0.414. The first-order valence-electron chi connectivity index (χ1n) is 8.74. The molecule has 5 heteroatoms. The minimum Gasteiger partial charge on any atom is -0.218 e. The Labute approximate surface area is 173 Å². The van der Waals surface area contributed by atoms with E-state index in [9.17, 15) is 5.26 Å². The Hall–Kier alpha value is -2.93. The normalized spacial score (nSPS) is 11.9. The van der Waals surface area contributed by atoms with Gasteiger partial charge in [0.05, 0.1) is 23.2 Å². The number of hydrogen-bond donors (Lipinski definition) is 0. The second kappa shape index (κ2) is 7.59. The van der Waals surface area contributed by atoms with Crippen molar-refractivity contribution >= 4 is 34.1 Å². The van der Waals surface area contributed by atoms with Crippen molar-refractivity contribution in [3.05, 3.63) is 93.7 Å². The molecule has 3 nitrogen and oxygen atoms in total. The van der Waals surface area contributed by atoms with Crippen molar-refractivity contribution in [2.75, 3.05) is 0 Å². The number of aryl methyl sites for hydroxylation is 1. The summed E-state index contributed by atoms with van der Waals surface area (Å²) in [6, 6.07) is 23.6. The van der Waals surface area contributed by atoms with Gasteiger partial charge in [-0.1, -0.05) is 53.6 Å². The highest BCUT2D eigenvalue weighted by atomic mass is 35.5. The van der Waals surface area contributed by atoms with E-state index in [0.29, 0.717) is 5.02 Å². The minimum atomic E-state index is -0.414. The highest BCUT2D eigenvalue weighted by molar-refractivity contribution is 6.30. The molecule has 4 aromatic rings. The van der Waals surface area contributed by atoms with E-state index in [1.165, 1.54) is 0 Å². The van der Waals surface area contributed by atoms with Crippen molar-refractivity contribution < 1.29 is 0 Å². The fourth-order valence-electron chi connectivity index (χ4n) is 3.31. The summed E-state index contributed by atoms with van der Waals surface area (Å²) in [5.41, 5.74) is 5.36. The third-order valence-corrected chi connectivity index (χ3v) is 5.07. The molecule has 0 spiro atoms. The van der Waals surface area contributed by atoms with E-state index in [4.69, 9.17) is 23.2 Å². The number of nitrogens with zero attached hydrogens (tertiary/aromatic N) is 3. The molecule has 0 saturated carbocycles. The zero-order chi connectivity index (χ0) is 19.7. The van der Waals surface area contributed by atoms with Gasteiger partial charge >= 0.3 is 0 Å². The molecule has 0 N–H and O–H groups in total. The standard InChI is InChI=1S/C23H15Cl2N3/c1-14-3-2-4-17(11-14)22-19-12-16(7-10-21(19)27-23(25)28-22)20(13-26)15-5-8-18(24)9-6-15/h2-12,20H,1H3. The van der Waals surface area contributed by atoms with E-state index in [1.807, 2.05) is 55.5 Å². The Morgan fingerprint density at radius 3 is 2.36 bits per heavy atom. The van der Waals surface area contributed by atoms with Crippen molar-refractivity contribution in [1.82, 2.24) is 9.97 Å². The van der Waals surface area contributed by atoms with Gasteiger partial charge < -0.3 is 0 Å². The summed E-state index contributed by atoms with van der Waals surface area (Å²) in [5, 5.41) is 11.5. The van der Waals surface area contributed by atoms with Gasteiger partial charge in [0, 0.05) is 16.0 Å². The zero-order valence-electron chi connectivity index (χ0n) is 15.0. The highest BCUT2D eigenvalue weighted by Gasteiger charge is 2.16. The predicted molar refractivity (Wildman–Crippen MR) is 114 cm³/mol. The second-order valence-electron chi connectivity index (χ2n) is 6.60. The van der Waals surface area contributed by atoms with Gasteiger partial charge in [-0.25, -0.2) is 9.97 Å². The maximum Gasteiger partial charge on any atom is 0.223 e. The molecule has 4 rings (SSSR count). The molecule has 0 aliphatic rings. The van der Waals surface area contributed by atoms with Crippen LogP contribution in [0.5, 0.6) is 0 Å². The predicted octanol–water partition coefficient (Wildman–Crippen LogP) is 6.57. The summed E-state index contributed by atoms with van der Waals surface area (Å²) >= 11 is 12.2. The number of rotatable bonds is 3. The molecule has 1 atom stereocenters. The summed E-state index contributed by atoms with van der Waals surface area (Å²) in [6.45, 7) is 2.03. The second-order valence-corrected chi connectivity index (χ2v) is 7.38. The molecule has 0 radical (unpaired) electrons. The van der Waals surface area contributed by atoms with Gasteiger partial charge in [-0.15, -0.1) is 0 Å². The van der Waals surface area contributed by atoms with Gasteiger partial charge in [-0.3, -0.25) is 0 Å². The van der Waals surface area contributed by atoms with E-state index >= 15 is 0 Å². The lowest BCUT2D eigenvalue weighted by atomic mass is 9.91. The summed E-state index contributed by atoms with van der Waals surface area (Å²) in [7, 11) is 0. The number of fused-ring (bicyclic) bond motifs is 1. The third-order valence-electron chi connectivity index (χ3n) is 4.65. The molecule has 28 heavy (non-hydrogen) atoms. The molecule has 0 aliphatic heterocycles. The van der Waals surface area contributed by atoms with Crippen molar-refractivity contribution in [1.29, 1.82) is 5.26 Å². The number of hydrogen-bond acceptors (Lipinski definition) is 3. The van der Waals surface area contributed by atoms with Gasteiger partial charge in [0.25, 0.3) is 0 Å². The van der Waals surface area contributed by atoms with E-state index in [2.05, 4.69) is 22.1 Å². The van der Waals surface area contributed by atoms with Crippen LogP contribution in [0.1, 0.15) is 22.6 Å². The Morgan fingerprint density at radius 1 is 0.893 bits per heavy atom. The van der Waals surface area contributed by atoms with Crippen molar-refractivity contribution in [2.45, 2.75) is 12.8 Å². The average Bonchev–Trinajstić information content (AvgIpc) is 2.69.